The molecule has 0 aliphatic rings. The smallest absolute Gasteiger partial charge is 0.316 e. The van der Waals surface area contributed by atoms with E-state index in [1.54, 1.807) is 0 Å². The van der Waals surface area contributed by atoms with Gasteiger partial charge in [-0.25, -0.2) is 0 Å². The minimum Gasteiger partial charge on any atom is 0.316 e. The number of hydrogen-bond acceptors (Lipinski definition) is 0. The van der Waals surface area contributed by atoms with Crippen LogP contribution in [0, 0.1) is 0 Å². The van der Waals surface area contributed by atoms with Crippen molar-refractivity contribution in [3.05, 3.63) is 0 Å². The Bertz CT molecular complexity index is 19.0. The molecular formula is H30CaCl2MgO12. The molecule has 16 heteroatoms. The van der Waals surface area contributed by atoms with Crippen LogP contribution in [-0.4, -0.2) is 127 Å². The Labute approximate surface area is 150 Å². The molecule has 0 aromatic carbocycles. The molecule has 0 fully saturated rings. The topological polar surface area (TPSA) is 378 Å². The van der Waals surface area contributed by atoms with Crippen LogP contribution in [0.15, 0.2) is 0 Å². The first-order valence-electron chi connectivity index (χ1n) is 0. The third kappa shape index (κ3) is 816. The predicted octanol–water partition coefficient (Wildman–Crippen LogP) is -10.9. The second-order valence-corrected chi connectivity index (χ2v) is 0. The van der Waals surface area contributed by atoms with Gasteiger partial charge in [-0.05, 0) is 0 Å². The van der Waals surface area contributed by atoms with Crippen molar-refractivity contribution < 1.29 is 65.7 Å². The molecule has 16 heavy (non-hydrogen) atoms. The first-order chi connectivity index (χ1) is 0. The second-order valence-electron chi connectivity index (χ2n) is 0. The Balaban J connectivity index is 0. The fourth-order valence-corrected chi connectivity index (χ4v) is 0. The van der Waals surface area contributed by atoms with Crippen LogP contribution in [0.4, 0.5) is 0 Å². The van der Waals surface area contributed by atoms with Crippen molar-refractivity contribution in [1.29, 1.82) is 0 Å². The van der Waals surface area contributed by atoms with Crippen LogP contribution in [0.3, 0.4) is 0 Å². The van der Waals surface area contributed by atoms with Crippen LogP contribution < -0.4 is 0 Å². The van der Waals surface area contributed by atoms with E-state index >= 15 is 0 Å². The largest absolute Gasteiger partial charge is 0.316 e. The van der Waals surface area contributed by atoms with Crippen molar-refractivity contribution >= 4 is 85.6 Å². The van der Waals surface area contributed by atoms with Gasteiger partial charge in [0.1, 0.15) is 0 Å². The van der Waals surface area contributed by atoms with Gasteiger partial charge in [0.15, 0.2) is 0 Å². The maximum atomic E-state index is 0. The van der Waals surface area contributed by atoms with Gasteiger partial charge in [0.25, 0.3) is 0 Å². The number of halogens is 2. The fraction of sp³-hybridized carbons (Fsp3) is 0. The average Bonchev–Trinajstić information content (AvgIpc) is 0. The molecule has 0 atom stereocenters. The van der Waals surface area contributed by atoms with E-state index < -0.39 is 0 Å². The first kappa shape index (κ1) is 1180. The molecule has 12 nitrogen and oxygen atoms in total. The molecule has 0 rings (SSSR count). The van der Waals surface area contributed by atoms with E-state index in [1.807, 2.05) is 0 Å². The number of hydrogen-bond donors (Lipinski definition) is 0. The summed E-state index contributed by atoms with van der Waals surface area (Å²) in [6.45, 7) is 0. The van der Waals surface area contributed by atoms with Gasteiger partial charge < -0.3 is 65.7 Å². The third-order valence-corrected chi connectivity index (χ3v) is 0. The van der Waals surface area contributed by atoms with E-state index in [0.29, 0.717) is 0 Å². The molecule has 0 bridgehead atoms. The SMILES string of the molecule is Cl.Cl.O.O.O.O.O.O.O.O.O.O.O.O.[CaH2].[MgH2]. The van der Waals surface area contributed by atoms with E-state index in [1.165, 1.54) is 0 Å². The first-order valence-corrected chi connectivity index (χ1v) is 0. The van der Waals surface area contributed by atoms with E-state index in [4.69, 9.17) is 0 Å². The van der Waals surface area contributed by atoms with Crippen molar-refractivity contribution in [2.24, 2.45) is 0 Å². The van der Waals surface area contributed by atoms with Gasteiger partial charge in [0.05, 0.1) is 0 Å². The van der Waals surface area contributed by atoms with Gasteiger partial charge in [-0.1, -0.05) is 0 Å². The Morgan fingerprint density at radius 3 is 0.250 bits per heavy atom. The van der Waals surface area contributed by atoms with Crippen molar-refractivity contribution in [2.75, 3.05) is 0 Å². The monoisotopic (exact) mass is 356 g/mol. The minimum atomic E-state index is 0. The van der Waals surface area contributed by atoms with Gasteiger partial charge in [-0.2, -0.15) is 0 Å². The predicted molar refractivity (Wildman–Crippen MR) is 74.9 cm³/mol. The van der Waals surface area contributed by atoms with Gasteiger partial charge in [-0.3, -0.25) is 0 Å². The van der Waals surface area contributed by atoms with Crippen molar-refractivity contribution in [1.82, 2.24) is 0 Å². The summed E-state index contributed by atoms with van der Waals surface area (Å²) in [7, 11) is 0. The zero-order chi connectivity index (χ0) is 0. The van der Waals surface area contributed by atoms with Gasteiger partial charge in [0, 0.05) is 0 Å². The normalized spacial score (nSPS) is 0. The molecule has 0 spiro atoms. The van der Waals surface area contributed by atoms with E-state index in [0.717, 1.165) is 0 Å². The summed E-state index contributed by atoms with van der Waals surface area (Å²) in [6, 6.07) is 0. The van der Waals surface area contributed by atoms with Crippen LogP contribution >= 0.6 is 24.8 Å². The molecule has 120 valence electrons. The fourth-order valence-electron chi connectivity index (χ4n) is 0. The summed E-state index contributed by atoms with van der Waals surface area (Å²) >= 11 is 0. The second kappa shape index (κ2) is 985. The van der Waals surface area contributed by atoms with Crippen LogP contribution in [-0.2, 0) is 0 Å². The van der Waals surface area contributed by atoms with Crippen LogP contribution in [0.1, 0.15) is 0 Å². The Kier molecular flexibility index (Phi) is 72400. The summed E-state index contributed by atoms with van der Waals surface area (Å²) in [5.41, 5.74) is 0. The molecule has 0 aliphatic heterocycles. The Hall–Kier alpha value is 2.13. The molecule has 24 N–H and O–H groups in total. The Morgan fingerprint density at radius 2 is 0.250 bits per heavy atom. The van der Waals surface area contributed by atoms with Crippen LogP contribution in [0.25, 0.3) is 0 Å². The maximum absolute atomic E-state index is 0. The van der Waals surface area contributed by atoms with Gasteiger partial charge >= 0.3 is 60.8 Å². The van der Waals surface area contributed by atoms with Gasteiger partial charge in [-0.15, -0.1) is 24.8 Å². The van der Waals surface area contributed by atoms with Crippen LogP contribution in [0.2, 0.25) is 0 Å². The van der Waals surface area contributed by atoms with Crippen LogP contribution in [0.5, 0.6) is 0 Å². The molecule has 0 aliphatic carbocycles. The summed E-state index contributed by atoms with van der Waals surface area (Å²) in [6.07, 6.45) is 0. The van der Waals surface area contributed by atoms with Crippen molar-refractivity contribution in [2.45, 2.75) is 0 Å². The summed E-state index contributed by atoms with van der Waals surface area (Å²) in [4.78, 5) is 0. The van der Waals surface area contributed by atoms with Crippen molar-refractivity contribution in [3.63, 3.8) is 0 Å². The van der Waals surface area contributed by atoms with E-state index in [9.17, 15) is 0 Å². The van der Waals surface area contributed by atoms with E-state index in [-0.39, 0.29) is 151 Å². The standard InChI is InChI=1S/Ca.2ClH.Mg.12H2O.4H/h;2*1H;;12*1H2;;;;. The zero-order valence-corrected chi connectivity index (χ0v) is 8.45. The summed E-state index contributed by atoms with van der Waals surface area (Å²) < 4.78 is 0. The molecule has 0 aromatic heterocycles. The minimum absolute atomic E-state index is 0. The molecule has 0 saturated heterocycles. The summed E-state index contributed by atoms with van der Waals surface area (Å²) in [5, 5.41) is 0. The number of rotatable bonds is 0. The average molecular weight is 358 g/mol. The zero-order valence-electron chi connectivity index (χ0n) is 6.82. The maximum Gasteiger partial charge on any atom is 0.316 e. The van der Waals surface area contributed by atoms with E-state index in [2.05, 4.69) is 0 Å². The quantitative estimate of drug-likeness (QED) is 0.364. The molecule has 0 aromatic rings. The Morgan fingerprint density at radius 1 is 0.250 bits per heavy atom. The molecular weight excluding hydrogens is 327 g/mol. The molecule has 0 amide bonds. The molecule has 0 heterocycles. The summed E-state index contributed by atoms with van der Waals surface area (Å²) in [5.74, 6) is 0. The molecule has 0 radical (unpaired) electrons. The third-order valence-electron chi connectivity index (χ3n) is 0. The van der Waals surface area contributed by atoms with Crippen molar-refractivity contribution in [3.8, 4) is 0 Å². The van der Waals surface area contributed by atoms with Gasteiger partial charge in [0.2, 0.25) is 0 Å². The molecule has 0 unspecified atom stereocenters. The molecule has 0 saturated carbocycles.